The minimum Gasteiger partial charge on any atom is -0.192 e. The second-order valence-corrected chi connectivity index (χ2v) is 4.57. The van der Waals surface area contributed by atoms with Gasteiger partial charge in [0.15, 0.2) is 0 Å². The largest absolute Gasteiger partial charge is 0.192 e. The molecule has 0 spiro atoms. The summed E-state index contributed by atoms with van der Waals surface area (Å²) in [5.41, 5.74) is 1.56. The van der Waals surface area contributed by atoms with E-state index in [1.165, 1.54) is 11.3 Å². The summed E-state index contributed by atoms with van der Waals surface area (Å²) in [6.45, 7) is 0. The fourth-order valence-electron chi connectivity index (χ4n) is 1.27. The van der Waals surface area contributed by atoms with E-state index in [2.05, 4.69) is 16.3 Å². The molecule has 0 aliphatic heterocycles. The average molecular weight is 250 g/mol. The molecular formula is C11H8ClN3S. The minimum atomic E-state index is 0.548. The normalized spacial score (nSPS) is 10.0. The Balaban J connectivity index is 2.32. The van der Waals surface area contributed by atoms with E-state index in [9.17, 15) is 0 Å². The molecule has 3 nitrogen and oxygen atoms in total. The van der Waals surface area contributed by atoms with Crippen molar-refractivity contribution in [2.75, 3.05) is 5.88 Å². The molecule has 0 unspecified atom stereocenters. The molecule has 0 atom stereocenters. The zero-order chi connectivity index (χ0) is 11.4. The number of nitrogens with zero attached hydrogens (tertiary/aromatic N) is 3. The van der Waals surface area contributed by atoms with Crippen molar-refractivity contribution in [1.82, 2.24) is 10.2 Å². The van der Waals surface area contributed by atoms with Crippen LogP contribution in [0.1, 0.15) is 10.6 Å². The second-order valence-electron chi connectivity index (χ2n) is 3.13. The summed E-state index contributed by atoms with van der Waals surface area (Å²) in [5, 5.41) is 18.7. The predicted molar refractivity (Wildman–Crippen MR) is 64.5 cm³/mol. The Bertz CT molecular complexity index is 530. The van der Waals surface area contributed by atoms with Crippen LogP contribution in [0.4, 0.5) is 0 Å². The number of aromatic nitrogens is 2. The third kappa shape index (κ3) is 2.38. The van der Waals surface area contributed by atoms with Crippen molar-refractivity contribution in [3.8, 4) is 16.6 Å². The van der Waals surface area contributed by atoms with Crippen LogP contribution in [0.15, 0.2) is 24.3 Å². The highest BCUT2D eigenvalue weighted by Crippen LogP contribution is 2.24. The van der Waals surface area contributed by atoms with Gasteiger partial charge in [0.1, 0.15) is 10.0 Å². The van der Waals surface area contributed by atoms with E-state index in [4.69, 9.17) is 16.9 Å². The van der Waals surface area contributed by atoms with Gasteiger partial charge in [-0.25, -0.2) is 0 Å². The molecule has 16 heavy (non-hydrogen) atoms. The molecule has 0 aliphatic carbocycles. The van der Waals surface area contributed by atoms with Crippen LogP contribution in [0, 0.1) is 11.3 Å². The van der Waals surface area contributed by atoms with E-state index >= 15 is 0 Å². The number of rotatable bonds is 3. The van der Waals surface area contributed by atoms with Gasteiger partial charge in [0, 0.05) is 17.9 Å². The SMILES string of the molecule is N#Cc1cccc(-c2nnc(CCCl)s2)c1. The smallest absolute Gasteiger partial charge is 0.147 e. The first-order valence-electron chi connectivity index (χ1n) is 4.72. The molecule has 0 fully saturated rings. The van der Waals surface area contributed by atoms with Gasteiger partial charge in [-0.1, -0.05) is 23.5 Å². The number of benzene rings is 1. The van der Waals surface area contributed by atoms with E-state index < -0.39 is 0 Å². The highest BCUT2D eigenvalue weighted by Gasteiger charge is 2.06. The van der Waals surface area contributed by atoms with E-state index in [1.807, 2.05) is 18.2 Å². The van der Waals surface area contributed by atoms with Gasteiger partial charge < -0.3 is 0 Å². The van der Waals surface area contributed by atoms with E-state index in [-0.39, 0.29) is 0 Å². The van der Waals surface area contributed by atoms with Crippen LogP contribution in [-0.2, 0) is 6.42 Å². The Labute approximate surface area is 102 Å². The van der Waals surface area contributed by atoms with Crippen LogP contribution in [0.5, 0.6) is 0 Å². The maximum Gasteiger partial charge on any atom is 0.147 e. The summed E-state index contributed by atoms with van der Waals surface area (Å²) in [5.74, 6) is 0.548. The predicted octanol–water partition coefficient (Wildman–Crippen LogP) is 2.86. The average Bonchev–Trinajstić information content (AvgIpc) is 2.78. The molecule has 0 bridgehead atoms. The van der Waals surface area contributed by atoms with E-state index in [0.717, 1.165) is 22.0 Å². The first-order valence-corrected chi connectivity index (χ1v) is 6.07. The van der Waals surface area contributed by atoms with Gasteiger partial charge in [-0.05, 0) is 12.1 Å². The topological polar surface area (TPSA) is 49.6 Å². The molecule has 0 saturated carbocycles. The molecule has 2 rings (SSSR count). The molecule has 1 heterocycles. The van der Waals surface area contributed by atoms with Gasteiger partial charge in [-0.2, -0.15) is 5.26 Å². The Hall–Kier alpha value is -1.44. The van der Waals surface area contributed by atoms with Gasteiger partial charge in [0.05, 0.1) is 11.6 Å². The number of hydrogen-bond acceptors (Lipinski definition) is 4. The van der Waals surface area contributed by atoms with E-state index in [0.29, 0.717) is 11.4 Å². The molecule has 1 aromatic heterocycles. The van der Waals surface area contributed by atoms with Crippen molar-refractivity contribution in [2.24, 2.45) is 0 Å². The summed E-state index contributed by atoms with van der Waals surface area (Å²) in [6, 6.07) is 9.45. The maximum absolute atomic E-state index is 8.80. The molecule has 0 N–H and O–H groups in total. The van der Waals surface area contributed by atoms with Crippen LogP contribution in [-0.4, -0.2) is 16.1 Å². The fraction of sp³-hybridized carbons (Fsp3) is 0.182. The van der Waals surface area contributed by atoms with Gasteiger partial charge >= 0.3 is 0 Å². The molecule has 0 amide bonds. The van der Waals surface area contributed by atoms with Gasteiger partial charge in [-0.15, -0.1) is 21.8 Å². The van der Waals surface area contributed by atoms with Crippen LogP contribution in [0.3, 0.4) is 0 Å². The second kappa shape index (κ2) is 5.06. The Morgan fingerprint density at radius 3 is 3.00 bits per heavy atom. The van der Waals surface area contributed by atoms with Crippen molar-refractivity contribution in [1.29, 1.82) is 5.26 Å². The summed E-state index contributed by atoms with van der Waals surface area (Å²) >= 11 is 7.15. The van der Waals surface area contributed by atoms with Crippen LogP contribution in [0.2, 0.25) is 0 Å². The van der Waals surface area contributed by atoms with Crippen LogP contribution < -0.4 is 0 Å². The van der Waals surface area contributed by atoms with Crippen molar-refractivity contribution < 1.29 is 0 Å². The lowest BCUT2D eigenvalue weighted by molar-refractivity contribution is 0.990. The number of nitriles is 1. The molecule has 2 aromatic rings. The van der Waals surface area contributed by atoms with Crippen LogP contribution >= 0.6 is 22.9 Å². The number of halogens is 1. The highest BCUT2D eigenvalue weighted by atomic mass is 35.5. The lowest BCUT2D eigenvalue weighted by Gasteiger charge is -1.94. The quantitative estimate of drug-likeness (QED) is 0.786. The van der Waals surface area contributed by atoms with Gasteiger partial charge in [0.25, 0.3) is 0 Å². The zero-order valence-electron chi connectivity index (χ0n) is 8.35. The third-order valence-electron chi connectivity index (χ3n) is 2.01. The summed E-state index contributed by atoms with van der Waals surface area (Å²) in [4.78, 5) is 0. The maximum atomic E-state index is 8.80. The lowest BCUT2D eigenvalue weighted by atomic mass is 10.1. The number of hydrogen-bond donors (Lipinski definition) is 0. The minimum absolute atomic E-state index is 0.548. The molecular weight excluding hydrogens is 242 g/mol. The van der Waals surface area contributed by atoms with Crippen molar-refractivity contribution in [3.05, 3.63) is 34.8 Å². The lowest BCUT2D eigenvalue weighted by Crippen LogP contribution is -1.83. The molecule has 1 aromatic carbocycles. The molecule has 0 radical (unpaired) electrons. The molecule has 5 heteroatoms. The monoisotopic (exact) mass is 249 g/mol. The van der Waals surface area contributed by atoms with E-state index in [1.54, 1.807) is 6.07 Å². The van der Waals surface area contributed by atoms with Gasteiger partial charge in [-0.3, -0.25) is 0 Å². The summed E-state index contributed by atoms with van der Waals surface area (Å²) in [7, 11) is 0. The van der Waals surface area contributed by atoms with Crippen molar-refractivity contribution >= 4 is 22.9 Å². The van der Waals surface area contributed by atoms with Crippen molar-refractivity contribution in [3.63, 3.8) is 0 Å². The fourth-order valence-corrected chi connectivity index (χ4v) is 2.40. The molecule has 0 aliphatic rings. The Morgan fingerprint density at radius 2 is 2.25 bits per heavy atom. The number of alkyl halides is 1. The highest BCUT2D eigenvalue weighted by molar-refractivity contribution is 7.14. The molecule has 80 valence electrons. The third-order valence-corrected chi connectivity index (χ3v) is 3.23. The molecule has 0 saturated heterocycles. The first kappa shape index (κ1) is 11.1. The number of aryl methyl sites for hydroxylation is 1. The summed E-state index contributed by atoms with van der Waals surface area (Å²) in [6.07, 6.45) is 0.733. The standard InChI is InChI=1S/C11H8ClN3S/c12-5-4-10-14-15-11(16-10)9-3-1-2-8(6-9)7-13/h1-3,6H,4-5H2. The van der Waals surface area contributed by atoms with Gasteiger partial charge in [0.2, 0.25) is 0 Å². The van der Waals surface area contributed by atoms with Crippen LogP contribution in [0.25, 0.3) is 10.6 Å². The Kier molecular flexibility index (Phi) is 3.50. The summed E-state index contributed by atoms with van der Waals surface area (Å²) < 4.78 is 0. The zero-order valence-corrected chi connectivity index (χ0v) is 9.92. The Morgan fingerprint density at radius 1 is 1.38 bits per heavy atom. The van der Waals surface area contributed by atoms with Crippen molar-refractivity contribution in [2.45, 2.75) is 6.42 Å². The first-order chi connectivity index (χ1) is 7.83.